The van der Waals surface area contributed by atoms with Crippen molar-refractivity contribution in [1.82, 2.24) is 18.7 Å². The van der Waals surface area contributed by atoms with E-state index < -0.39 is 0 Å². The molecule has 0 aromatic carbocycles. The predicted molar refractivity (Wildman–Crippen MR) is 75.8 cm³/mol. The highest BCUT2D eigenvalue weighted by Gasteiger charge is 2.18. The van der Waals surface area contributed by atoms with Crippen molar-refractivity contribution in [2.24, 2.45) is 7.05 Å². The quantitative estimate of drug-likeness (QED) is 0.748. The minimum Gasteiger partial charge on any atom is -0.385 e. The zero-order chi connectivity index (χ0) is 14.9. The molecule has 110 valence electrons. The fourth-order valence-corrected chi connectivity index (χ4v) is 2.26. The van der Waals surface area contributed by atoms with Crippen LogP contribution >= 0.6 is 0 Å². The maximum absolute atomic E-state index is 12.2. The Morgan fingerprint density at radius 2 is 2.00 bits per heavy atom. The Kier molecular flexibility index (Phi) is 3.93. The van der Waals surface area contributed by atoms with Crippen LogP contribution < -0.4 is 17.0 Å². The molecule has 2 aromatic heterocycles. The molecule has 0 saturated carbocycles. The summed E-state index contributed by atoms with van der Waals surface area (Å²) >= 11 is 0. The number of hydrogen-bond acceptors (Lipinski definition) is 5. The molecule has 2 aromatic rings. The number of hydrogen-bond donors (Lipinski definition) is 1. The third-order valence-corrected chi connectivity index (χ3v) is 3.31. The maximum atomic E-state index is 12.2. The first-order valence-electron chi connectivity index (χ1n) is 6.47. The number of rotatable bonds is 5. The van der Waals surface area contributed by atoms with Crippen molar-refractivity contribution in [1.29, 1.82) is 0 Å². The Bertz CT molecular complexity index is 740. The number of aryl methyl sites for hydroxylation is 2. The Hall–Kier alpha value is -2.09. The van der Waals surface area contributed by atoms with Gasteiger partial charge in [-0.25, -0.2) is 4.79 Å². The van der Waals surface area contributed by atoms with Crippen LogP contribution in [0.2, 0.25) is 0 Å². The fourth-order valence-electron chi connectivity index (χ4n) is 2.26. The van der Waals surface area contributed by atoms with Crippen LogP contribution in [0.5, 0.6) is 0 Å². The number of nitrogens with two attached hydrogens (primary N) is 1. The Labute approximate surface area is 115 Å². The van der Waals surface area contributed by atoms with Gasteiger partial charge in [0.15, 0.2) is 11.2 Å². The first kappa shape index (κ1) is 14.3. The highest BCUT2D eigenvalue weighted by Crippen LogP contribution is 2.13. The smallest absolute Gasteiger partial charge is 0.332 e. The molecular weight excluding hydrogens is 262 g/mol. The van der Waals surface area contributed by atoms with E-state index in [0.717, 1.165) is 4.57 Å². The van der Waals surface area contributed by atoms with Crippen molar-refractivity contribution in [2.75, 3.05) is 19.5 Å². The summed E-state index contributed by atoms with van der Waals surface area (Å²) < 4.78 is 9.16. The average Bonchev–Trinajstić information content (AvgIpc) is 2.76. The molecule has 2 rings (SSSR count). The van der Waals surface area contributed by atoms with E-state index in [9.17, 15) is 9.59 Å². The molecule has 0 radical (unpaired) electrons. The van der Waals surface area contributed by atoms with Gasteiger partial charge in [-0.05, 0) is 13.3 Å². The normalized spacial score (nSPS) is 11.3. The van der Waals surface area contributed by atoms with Crippen LogP contribution in [0.25, 0.3) is 11.2 Å². The van der Waals surface area contributed by atoms with E-state index in [2.05, 4.69) is 4.98 Å². The second-order valence-electron chi connectivity index (χ2n) is 4.53. The molecule has 8 heteroatoms. The summed E-state index contributed by atoms with van der Waals surface area (Å²) in [7, 11) is 3.06. The molecule has 0 aliphatic rings. The Morgan fingerprint density at radius 3 is 2.60 bits per heavy atom. The number of nitrogen functional groups attached to an aromatic ring is 1. The van der Waals surface area contributed by atoms with Crippen LogP contribution in [-0.4, -0.2) is 32.4 Å². The van der Waals surface area contributed by atoms with E-state index in [0.29, 0.717) is 37.3 Å². The average molecular weight is 281 g/mol. The summed E-state index contributed by atoms with van der Waals surface area (Å²) in [5.41, 5.74) is 5.76. The molecule has 0 atom stereocenters. The van der Waals surface area contributed by atoms with Gasteiger partial charge in [-0.1, -0.05) is 0 Å². The molecule has 0 saturated heterocycles. The van der Waals surface area contributed by atoms with Crippen LogP contribution in [0.15, 0.2) is 9.59 Å². The lowest BCUT2D eigenvalue weighted by molar-refractivity contribution is 0.190. The van der Waals surface area contributed by atoms with Gasteiger partial charge >= 0.3 is 5.69 Å². The van der Waals surface area contributed by atoms with E-state index in [4.69, 9.17) is 10.5 Å². The summed E-state index contributed by atoms with van der Waals surface area (Å²) in [6.45, 7) is 3.35. The van der Waals surface area contributed by atoms with Gasteiger partial charge in [0.1, 0.15) is 0 Å². The summed E-state index contributed by atoms with van der Waals surface area (Å²) in [6.07, 6.45) is 0.655. The number of aromatic nitrogens is 4. The zero-order valence-electron chi connectivity index (χ0n) is 11.9. The molecule has 0 bridgehead atoms. The number of methoxy groups -OCH3 is 1. The molecule has 0 unspecified atom stereocenters. The largest absolute Gasteiger partial charge is 0.385 e. The molecular formula is C12H19N5O3. The summed E-state index contributed by atoms with van der Waals surface area (Å²) in [5.74, 6) is 0.241. The lowest BCUT2D eigenvalue weighted by Gasteiger charge is -2.09. The number of anilines is 1. The first-order valence-corrected chi connectivity index (χ1v) is 6.47. The standard InChI is InChI=1S/C12H19N5O3/c1-4-16-8-9(14-11(16)13)17(6-5-7-20-3)12(19)15(2)10(8)18/h4-7H2,1-3H3,(H2,13,14). The molecule has 0 amide bonds. The molecule has 0 spiro atoms. The van der Waals surface area contributed by atoms with Crippen molar-refractivity contribution < 1.29 is 4.74 Å². The van der Waals surface area contributed by atoms with Gasteiger partial charge < -0.3 is 15.0 Å². The fraction of sp³-hybridized carbons (Fsp3) is 0.583. The SMILES string of the molecule is CCn1c(N)nc2c1c(=O)n(C)c(=O)n2CCCOC. The minimum absolute atomic E-state index is 0.241. The van der Waals surface area contributed by atoms with Crippen LogP contribution in [0.1, 0.15) is 13.3 Å². The van der Waals surface area contributed by atoms with E-state index in [-0.39, 0.29) is 17.2 Å². The van der Waals surface area contributed by atoms with E-state index in [1.54, 1.807) is 11.7 Å². The molecule has 8 nitrogen and oxygen atoms in total. The molecule has 2 N–H and O–H groups in total. The van der Waals surface area contributed by atoms with Gasteiger partial charge in [0, 0.05) is 33.9 Å². The van der Waals surface area contributed by atoms with Gasteiger partial charge in [-0.3, -0.25) is 13.9 Å². The minimum atomic E-state index is -0.389. The van der Waals surface area contributed by atoms with Crippen molar-refractivity contribution in [3.8, 4) is 0 Å². The van der Waals surface area contributed by atoms with Crippen molar-refractivity contribution >= 4 is 17.1 Å². The zero-order valence-corrected chi connectivity index (χ0v) is 11.9. The number of imidazole rings is 1. The Balaban J connectivity index is 2.74. The maximum Gasteiger partial charge on any atom is 0.332 e. The van der Waals surface area contributed by atoms with Gasteiger partial charge in [-0.2, -0.15) is 4.98 Å². The molecule has 0 aliphatic carbocycles. The van der Waals surface area contributed by atoms with Crippen LogP contribution in [-0.2, 0) is 24.9 Å². The third-order valence-electron chi connectivity index (χ3n) is 3.31. The summed E-state index contributed by atoms with van der Waals surface area (Å²) in [6, 6.07) is 0. The Morgan fingerprint density at radius 1 is 1.30 bits per heavy atom. The second kappa shape index (κ2) is 5.49. The third kappa shape index (κ3) is 2.11. The highest BCUT2D eigenvalue weighted by atomic mass is 16.5. The van der Waals surface area contributed by atoms with Gasteiger partial charge in [0.2, 0.25) is 5.95 Å². The van der Waals surface area contributed by atoms with Crippen LogP contribution in [0, 0.1) is 0 Å². The lowest BCUT2D eigenvalue weighted by Crippen LogP contribution is -2.39. The van der Waals surface area contributed by atoms with Gasteiger partial charge in [0.05, 0.1) is 0 Å². The molecule has 0 fully saturated rings. The second-order valence-corrected chi connectivity index (χ2v) is 4.53. The molecule has 20 heavy (non-hydrogen) atoms. The summed E-state index contributed by atoms with van der Waals surface area (Å²) in [5, 5.41) is 0. The van der Waals surface area contributed by atoms with Gasteiger partial charge in [0.25, 0.3) is 5.56 Å². The summed E-state index contributed by atoms with van der Waals surface area (Å²) in [4.78, 5) is 28.6. The molecule has 0 aliphatic heterocycles. The lowest BCUT2D eigenvalue weighted by atomic mass is 10.4. The van der Waals surface area contributed by atoms with Crippen molar-refractivity contribution in [3.05, 3.63) is 20.8 Å². The monoisotopic (exact) mass is 281 g/mol. The highest BCUT2D eigenvalue weighted by molar-refractivity contribution is 5.73. The number of nitrogens with zero attached hydrogens (tertiary/aromatic N) is 4. The van der Waals surface area contributed by atoms with E-state index in [1.165, 1.54) is 11.6 Å². The van der Waals surface area contributed by atoms with Crippen molar-refractivity contribution in [3.63, 3.8) is 0 Å². The van der Waals surface area contributed by atoms with Gasteiger partial charge in [-0.15, -0.1) is 0 Å². The number of ether oxygens (including phenoxy) is 1. The van der Waals surface area contributed by atoms with Crippen LogP contribution in [0.4, 0.5) is 5.95 Å². The molecule has 2 heterocycles. The predicted octanol–water partition coefficient (Wildman–Crippen LogP) is -0.465. The van der Waals surface area contributed by atoms with E-state index in [1.807, 2.05) is 6.92 Å². The van der Waals surface area contributed by atoms with Crippen molar-refractivity contribution in [2.45, 2.75) is 26.4 Å². The van der Waals surface area contributed by atoms with E-state index >= 15 is 0 Å². The number of fused-ring (bicyclic) bond motifs is 1. The topological polar surface area (TPSA) is 97.1 Å². The first-order chi connectivity index (χ1) is 9.52. The van der Waals surface area contributed by atoms with Crippen LogP contribution in [0.3, 0.4) is 0 Å².